The molecular weight excluding hydrogens is 433 g/mol. The van der Waals surface area contributed by atoms with Crippen LogP contribution < -0.4 is 10.9 Å². The van der Waals surface area contributed by atoms with Gasteiger partial charge in [0.05, 0.1) is 23.1 Å². The summed E-state index contributed by atoms with van der Waals surface area (Å²) in [6, 6.07) is 13.3. The van der Waals surface area contributed by atoms with Crippen molar-refractivity contribution in [1.29, 1.82) is 0 Å². The van der Waals surface area contributed by atoms with Crippen molar-refractivity contribution >= 4 is 22.5 Å². The van der Waals surface area contributed by atoms with Gasteiger partial charge in [-0.15, -0.1) is 0 Å². The fourth-order valence-electron chi connectivity index (χ4n) is 3.83. The standard InChI is InChI=1S/C24H23F3N4O2/c1-28-11-13-29(2)22(32)17-7-10-19-21(14-17)31(23(33)20-4-3-12-30(19)20)15-16-5-8-18(9-6-16)24(25,26)27/h3-10,12,14,28H,11,13,15H2,1-2H3. The number of alkyl halides is 3. The number of hydrogen-bond acceptors (Lipinski definition) is 3. The van der Waals surface area contributed by atoms with Crippen molar-refractivity contribution in [2.24, 2.45) is 0 Å². The van der Waals surface area contributed by atoms with Gasteiger partial charge in [-0.25, -0.2) is 0 Å². The van der Waals surface area contributed by atoms with E-state index in [1.165, 1.54) is 16.7 Å². The van der Waals surface area contributed by atoms with Crippen LogP contribution in [0.15, 0.2) is 65.6 Å². The maximum Gasteiger partial charge on any atom is 0.416 e. The van der Waals surface area contributed by atoms with Crippen LogP contribution in [0.2, 0.25) is 0 Å². The first kappa shape index (κ1) is 22.6. The molecule has 0 aliphatic rings. The molecule has 172 valence electrons. The van der Waals surface area contributed by atoms with E-state index in [0.29, 0.717) is 35.2 Å². The topological polar surface area (TPSA) is 58.8 Å². The second-order valence-corrected chi connectivity index (χ2v) is 7.88. The highest BCUT2D eigenvalue weighted by molar-refractivity contribution is 5.97. The minimum Gasteiger partial charge on any atom is -0.340 e. The Hall–Kier alpha value is -3.59. The molecule has 0 atom stereocenters. The van der Waals surface area contributed by atoms with Crippen molar-refractivity contribution in [2.75, 3.05) is 27.2 Å². The van der Waals surface area contributed by atoms with E-state index in [0.717, 1.165) is 17.6 Å². The molecule has 0 bridgehead atoms. The Balaban J connectivity index is 1.82. The molecule has 0 spiro atoms. The van der Waals surface area contributed by atoms with Gasteiger partial charge in [0.25, 0.3) is 11.5 Å². The van der Waals surface area contributed by atoms with Gasteiger partial charge in [-0.1, -0.05) is 12.1 Å². The second-order valence-electron chi connectivity index (χ2n) is 7.88. The van der Waals surface area contributed by atoms with Crippen LogP contribution in [0.25, 0.3) is 16.6 Å². The van der Waals surface area contributed by atoms with Crippen molar-refractivity contribution in [3.63, 3.8) is 0 Å². The third-order valence-electron chi connectivity index (χ3n) is 5.65. The molecule has 1 amide bonds. The third-order valence-corrected chi connectivity index (χ3v) is 5.65. The van der Waals surface area contributed by atoms with Crippen LogP contribution in [-0.2, 0) is 12.7 Å². The molecule has 2 aromatic heterocycles. The Morgan fingerprint density at radius 2 is 1.76 bits per heavy atom. The van der Waals surface area contributed by atoms with Gasteiger partial charge in [-0.3, -0.25) is 9.59 Å². The first-order valence-corrected chi connectivity index (χ1v) is 10.4. The van der Waals surface area contributed by atoms with E-state index >= 15 is 0 Å². The molecule has 2 heterocycles. The number of hydrogen-bond donors (Lipinski definition) is 1. The van der Waals surface area contributed by atoms with Crippen LogP contribution in [-0.4, -0.2) is 47.0 Å². The molecular formula is C24H23F3N4O2. The first-order valence-electron chi connectivity index (χ1n) is 10.4. The van der Waals surface area contributed by atoms with Gasteiger partial charge >= 0.3 is 6.18 Å². The van der Waals surface area contributed by atoms with E-state index in [2.05, 4.69) is 5.32 Å². The number of nitrogens with one attached hydrogen (secondary N) is 1. The van der Waals surface area contributed by atoms with Crippen molar-refractivity contribution < 1.29 is 18.0 Å². The molecule has 0 saturated heterocycles. The lowest BCUT2D eigenvalue weighted by molar-refractivity contribution is -0.137. The van der Waals surface area contributed by atoms with Crippen LogP contribution in [0.5, 0.6) is 0 Å². The summed E-state index contributed by atoms with van der Waals surface area (Å²) in [5, 5.41) is 3.00. The Labute approximate surface area is 187 Å². The van der Waals surface area contributed by atoms with E-state index in [-0.39, 0.29) is 18.0 Å². The number of carbonyl (C=O) groups is 1. The van der Waals surface area contributed by atoms with Gasteiger partial charge in [0.2, 0.25) is 0 Å². The fourth-order valence-corrected chi connectivity index (χ4v) is 3.83. The lowest BCUT2D eigenvalue weighted by Crippen LogP contribution is -2.33. The summed E-state index contributed by atoms with van der Waals surface area (Å²) in [4.78, 5) is 27.7. The van der Waals surface area contributed by atoms with Gasteiger partial charge in [-0.05, 0) is 55.1 Å². The molecule has 0 aliphatic carbocycles. The van der Waals surface area contributed by atoms with E-state index in [1.54, 1.807) is 59.9 Å². The SMILES string of the molecule is CNCCN(C)C(=O)c1ccc2c(c1)n(Cc1ccc(C(F)(F)F)cc1)c(=O)c1cccn12. The maximum atomic E-state index is 13.2. The van der Waals surface area contributed by atoms with Crippen LogP contribution in [0, 0.1) is 0 Å². The number of likely N-dealkylation sites (N-methyl/N-ethyl adjacent to an activating group) is 2. The average Bonchev–Trinajstić information content (AvgIpc) is 3.29. The molecule has 33 heavy (non-hydrogen) atoms. The lowest BCUT2D eigenvalue weighted by Gasteiger charge is -2.18. The zero-order valence-electron chi connectivity index (χ0n) is 18.2. The number of aromatic nitrogens is 2. The van der Waals surface area contributed by atoms with E-state index < -0.39 is 11.7 Å². The maximum absolute atomic E-state index is 13.2. The molecule has 2 aromatic carbocycles. The normalized spacial score (nSPS) is 11.9. The van der Waals surface area contributed by atoms with Gasteiger partial charge in [0.15, 0.2) is 0 Å². The minimum atomic E-state index is -4.43. The van der Waals surface area contributed by atoms with Gasteiger partial charge in [0.1, 0.15) is 5.52 Å². The molecule has 6 nitrogen and oxygen atoms in total. The van der Waals surface area contributed by atoms with E-state index in [1.807, 2.05) is 0 Å². The summed E-state index contributed by atoms with van der Waals surface area (Å²) < 4.78 is 42.0. The van der Waals surface area contributed by atoms with Gasteiger partial charge in [-0.2, -0.15) is 13.2 Å². The quantitative estimate of drug-likeness (QED) is 0.482. The monoisotopic (exact) mass is 456 g/mol. The smallest absolute Gasteiger partial charge is 0.340 e. The fraction of sp³-hybridized carbons (Fsp3) is 0.250. The lowest BCUT2D eigenvalue weighted by atomic mass is 10.1. The number of rotatable bonds is 6. The van der Waals surface area contributed by atoms with Crippen molar-refractivity contribution in [2.45, 2.75) is 12.7 Å². The summed E-state index contributed by atoms with van der Waals surface area (Å²) in [7, 11) is 3.50. The van der Waals surface area contributed by atoms with E-state index in [9.17, 15) is 22.8 Å². The Morgan fingerprint density at radius 1 is 1.03 bits per heavy atom. The number of amides is 1. The van der Waals surface area contributed by atoms with E-state index in [4.69, 9.17) is 0 Å². The summed E-state index contributed by atoms with van der Waals surface area (Å²) in [6.45, 7) is 1.23. The molecule has 4 rings (SSSR count). The molecule has 0 unspecified atom stereocenters. The molecule has 0 saturated carbocycles. The number of carbonyl (C=O) groups excluding carboxylic acids is 1. The molecule has 4 aromatic rings. The predicted octanol–water partition coefficient (Wildman–Crippen LogP) is 3.61. The van der Waals surface area contributed by atoms with Crippen molar-refractivity contribution in [1.82, 2.24) is 19.2 Å². The van der Waals surface area contributed by atoms with Crippen molar-refractivity contribution in [3.8, 4) is 0 Å². The summed E-state index contributed by atoms with van der Waals surface area (Å²) in [6.07, 6.45) is -2.66. The Kier molecular flexibility index (Phi) is 5.99. The molecule has 0 fully saturated rings. The van der Waals surface area contributed by atoms with Gasteiger partial charge in [0, 0.05) is 31.9 Å². The summed E-state index contributed by atoms with van der Waals surface area (Å²) in [5.74, 6) is -0.187. The van der Waals surface area contributed by atoms with Gasteiger partial charge < -0.3 is 19.2 Å². The van der Waals surface area contributed by atoms with Crippen LogP contribution in [0.3, 0.4) is 0 Å². The molecule has 1 N–H and O–H groups in total. The second kappa shape index (κ2) is 8.74. The zero-order chi connectivity index (χ0) is 23.8. The van der Waals surface area contributed by atoms with Crippen LogP contribution in [0.4, 0.5) is 13.2 Å². The van der Waals surface area contributed by atoms with Crippen LogP contribution >= 0.6 is 0 Å². The number of fused-ring (bicyclic) bond motifs is 3. The highest BCUT2D eigenvalue weighted by atomic mass is 19.4. The number of nitrogens with zero attached hydrogens (tertiary/aromatic N) is 3. The third kappa shape index (κ3) is 4.36. The largest absolute Gasteiger partial charge is 0.416 e. The Bertz CT molecular complexity index is 1370. The molecule has 9 heteroatoms. The predicted molar refractivity (Wildman–Crippen MR) is 121 cm³/mol. The summed E-state index contributed by atoms with van der Waals surface area (Å²) in [5.41, 5.74) is 1.62. The molecule has 0 aliphatic heterocycles. The van der Waals surface area contributed by atoms with Crippen molar-refractivity contribution in [3.05, 3.63) is 87.8 Å². The minimum absolute atomic E-state index is 0.0718. The molecule has 0 radical (unpaired) electrons. The van der Waals surface area contributed by atoms with Crippen LogP contribution in [0.1, 0.15) is 21.5 Å². The Morgan fingerprint density at radius 3 is 2.42 bits per heavy atom. The average molecular weight is 456 g/mol. The number of benzene rings is 2. The number of halogens is 3. The summed E-state index contributed by atoms with van der Waals surface area (Å²) >= 11 is 0. The zero-order valence-corrected chi connectivity index (χ0v) is 18.2. The first-order chi connectivity index (χ1) is 15.7. The highest BCUT2D eigenvalue weighted by Crippen LogP contribution is 2.29. The highest BCUT2D eigenvalue weighted by Gasteiger charge is 2.30.